The third kappa shape index (κ3) is 4.14. The molecule has 0 aromatic heterocycles. The number of primary amides is 1. The summed E-state index contributed by atoms with van der Waals surface area (Å²) in [7, 11) is -4.04. The lowest BCUT2D eigenvalue weighted by molar-refractivity contribution is -0.158. The molecule has 1 aromatic carbocycles. The first-order valence-electron chi connectivity index (χ1n) is 10.6. The van der Waals surface area contributed by atoms with Gasteiger partial charge in [0.05, 0.1) is 16.0 Å². The first kappa shape index (κ1) is 23.0. The predicted molar refractivity (Wildman–Crippen MR) is 119 cm³/mol. The van der Waals surface area contributed by atoms with Crippen LogP contribution >= 0.6 is 23.2 Å². The molecule has 5 rings (SSSR count). The number of carbonyl (C=O) groups excluding carboxylic acids is 2. The molecule has 2 unspecified atom stereocenters. The van der Waals surface area contributed by atoms with Gasteiger partial charge in [-0.15, -0.1) is 0 Å². The number of nitrogens with one attached hydrogen (secondary N) is 1. The van der Waals surface area contributed by atoms with Crippen molar-refractivity contribution in [3.05, 3.63) is 28.2 Å². The van der Waals surface area contributed by atoms with Crippen LogP contribution in [-0.4, -0.2) is 25.6 Å². The molecule has 4 bridgehead atoms. The maximum absolute atomic E-state index is 13.4. The average Bonchev–Trinajstić information content (AvgIpc) is 2.58. The van der Waals surface area contributed by atoms with Crippen LogP contribution in [0.4, 0.5) is 0 Å². The predicted octanol–water partition coefficient (Wildman–Crippen LogP) is 4.08. The highest BCUT2D eigenvalue weighted by atomic mass is 35.5. The number of benzene rings is 1. The number of Topliss-reactive ketones (excluding diaryl/α,β-unsaturated/α-hetero) is 1. The summed E-state index contributed by atoms with van der Waals surface area (Å²) in [5.41, 5.74) is 3.68. The molecule has 0 spiro atoms. The lowest BCUT2D eigenvalue weighted by Crippen LogP contribution is -2.58. The minimum atomic E-state index is -4.04. The van der Waals surface area contributed by atoms with Crippen LogP contribution in [0.5, 0.6) is 0 Å². The molecule has 1 amide bonds. The molecular weight excluding hydrogens is 459 g/mol. The van der Waals surface area contributed by atoms with Crippen molar-refractivity contribution in [3.63, 3.8) is 0 Å². The quantitative estimate of drug-likeness (QED) is 0.605. The van der Waals surface area contributed by atoms with Crippen LogP contribution in [0, 0.1) is 22.7 Å². The van der Waals surface area contributed by atoms with E-state index in [1.165, 1.54) is 18.2 Å². The van der Waals surface area contributed by atoms with Gasteiger partial charge < -0.3 is 5.73 Å². The SMILES string of the molecule is CC(C)(NS(=O)(=O)c1ccc(Cl)cc1Cl)C(=O)CC12CC3CC(C1)CC(C(N)=O)(C3)C2. The largest absolute Gasteiger partial charge is 0.369 e. The zero-order valence-corrected chi connectivity index (χ0v) is 20.0. The molecule has 4 aliphatic rings. The third-order valence-corrected chi connectivity index (χ3v) is 9.88. The number of rotatable bonds is 7. The highest BCUT2D eigenvalue weighted by Crippen LogP contribution is 2.66. The Balaban J connectivity index is 1.55. The second-order valence-electron chi connectivity index (χ2n) is 10.5. The summed E-state index contributed by atoms with van der Waals surface area (Å²) in [6.07, 6.45) is 5.39. The van der Waals surface area contributed by atoms with Crippen molar-refractivity contribution in [2.45, 2.75) is 69.2 Å². The van der Waals surface area contributed by atoms with Gasteiger partial charge >= 0.3 is 0 Å². The highest BCUT2D eigenvalue weighted by molar-refractivity contribution is 7.89. The van der Waals surface area contributed by atoms with E-state index in [1.54, 1.807) is 13.8 Å². The Kier molecular flexibility index (Phi) is 5.52. The van der Waals surface area contributed by atoms with Gasteiger partial charge in [0.15, 0.2) is 5.78 Å². The number of hydrogen-bond donors (Lipinski definition) is 2. The van der Waals surface area contributed by atoms with E-state index in [0.29, 0.717) is 23.3 Å². The molecule has 9 heteroatoms. The molecule has 4 aliphatic carbocycles. The monoisotopic (exact) mass is 486 g/mol. The van der Waals surface area contributed by atoms with E-state index in [-0.39, 0.29) is 33.4 Å². The summed E-state index contributed by atoms with van der Waals surface area (Å²) in [6, 6.07) is 4.12. The van der Waals surface area contributed by atoms with E-state index in [1.807, 2.05) is 0 Å². The van der Waals surface area contributed by atoms with E-state index in [2.05, 4.69) is 4.72 Å². The van der Waals surface area contributed by atoms with Crippen LogP contribution in [0.25, 0.3) is 0 Å². The number of halogens is 2. The summed E-state index contributed by atoms with van der Waals surface area (Å²) >= 11 is 11.9. The van der Waals surface area contributed by atoms with Gasteiger partial charge in [0.1, 0.15) is 4.90 Å². The van der Waals surface area contributed by atoms with Crippen molar-refractivity contribution < 1.29 is 18.0 Å². The zero-order valence-electron chi connectivity index (χ0n) is 17.7. The first-order valence-corrected chi connectivity index (χ1v) is 12.8. The fourth-order valence-corrected chi connectivity index (χ4v) is 8.82. The van der Waals surface area contributed by atoms with E-state index < -0.39 is 21.0 Å². The topological polar surface area (TPSA) is 106 Å². The Hall–Kier alpha value is -1.15. The molecule has 31 heavy (non-hydrogen) atoms. The fourth-order valence-electron chi connectivity index (χ4n) is 6.65. The number of carbonyl (C=O) groups is 2. The van der Waals surface area contributed by atoms with E-state index in [0.717, 1.165) is 32.1 Å². The summed E-state index contributed by atoms with van der Waals surface area (Å²) in [4.78, 5) is 25.6. The van der Waals surface area contributed by atoms with Gasteiger partial charge in [0.25, 0.3) is 0 Å². The van der Waals surface area contributed by atoms with Gasteiger partial charge in [-0.05, 0) is 87.8 Å². The Morgan fingerprint density at radius 1 is 1.16 bits per heavy atom. The van der Waals surface area contributed by atoms with Gasteiger partial charge in [0.2, 0.25) is 15.9 Å². The fraction of sp³-hybridized carbons (Fsp3) is 0.636. The first-order chi connectivity index (χ1) is 14.3. The Morgan fingerprint density at radius 3 is 2.32 bits per heavy atom. The average molecular weight is 487 g/mol. The van der Waals surface area contributed by atoms with Crippen LogP contribution in [0.15, 0.2) is 23.1 Å². The zero-order chi connectivity index (χ0) is 22.8. The summed E-state index contributed by atoms with van der Waals surface area (Å²) in [5, 5.41) is 0.317. The molecule has 6 nitrogen and oxygen atoms in total. The molecule has 0 aliphatic heterocycles. The van der Waals surface area contributed by atoms with Crippen molar-refractivity contribution >= 4 is 44.9 Å². The number of hydrogen-bond acceptors (Lipinski definition) is 4. The second kappa shape index (κ2) is 7.44. The number of nitrogens with two attached hydrogens (primary N) is 1. The Morgan fingerprint density at radius 2 is 1.77 bits per heavy atom. The number of sulfonamides is 1. The van der Waals surface area contributed by atoms with Crippen molar-refractivity contribution in [2.75, 3.05) is 0 Å². The maximum atomic E-state index is 13.4. The number of ketones is 1. The summed E-state index contributed by atoms with van der Waals surface area (Å²) in [5.74, 6) is 0.377. The van der Waals surface area contributed by atoms with E-state index >= 15 is 0 Å². The van der Waals surface area contributed by atoms with Crippen LogP contribution in [-0.2, 0) is 19.6 Å². The molecule has 1 aromatic rings. The molecule has 0 heterocycles. The third-order valence-electron chi connectivity index (χ3n) is 7.51. The molecule has 3 N–H and O–H groups in total. The molecule has 4 saturated carbocycles. The minimum absolute atomic E-state index is 0.00673. The standard InChI is InChI=1S/C22H28Cl2N2O4S/c1-20(2,26-31(29,30)17-4-3-15(23)6-16(17)24)18(27)11-21-7-13-5-14(8-21)10-22(9-13,12-21)19(25)28/h3-4,6,13-14,26H,5,7-12H2,1-2H3,(H2,25,28). The van der Waals surface area contributed by atoms with Crippen molar-refractivity contribution in [3.8, 4) is 0 Å². The number of amides is 1. The Labute approximate surface area is 193 Å². The molecule has 4 fully saturated rings. The molecule has 170 valence electrons. The maximum Gasteiger partial charge on any atom is 0.242 e. The van der Waals surface area contributed by atoms with Crippen LogP contribution in [0.3, 0.4) is 0 Å². The van der Waals surface area contributed by atoms with Crippen LogP contribution < -0.4 is 10.5 Å². The smallest absolute Gasteiger partial charge is 0.242 e. The van der Waals surface area contributed by atoms with Crippen LogP contribution in [0.1, 0.15) is 58.8 Å². The lowest BCUT2D eigenvalue weighted by atomic mass is 9.43. The van der Waals surface area contributed by atoms with Crippen molar-refractivity contribution in [1.82, 2.24) is 4.72 Å². The van der Waals surface area contributed by atoms with E-state index in [4.69, 9.17) is 28.9 Å². The molecule has 0 saturated heterocycles. The van der Waals surface area contributed by atoms with Gasteiger partial charge in [-0.1, -0.05) is 23.2 Å². The van der Waals surface area contributed by atoms with Crippen LogP contribution in [0.2, 0.25) is 10.0 Å². The van der Waals surface area contributed by atoms with Gasteiger partial charge in [0, 0.05) is 11.4 Å². The van der Waals surface area contributed by atoms with Gasteiger partial charge in [-0.25, -0.2) is 8.42 Å². The molecule has 0 radical (unpaired) electrons. The van der Waals surface area contributed by atoms with Crippen molar-refractivity contribution in [2.24, 2.45) is 28.4 Å². The molecule has 2 atom stereocenters. The second-order valence-corrected chi connectivity index (χ2v) is 13.0. The summed E-state index contributed by atoms with van der Waals surface area (Å²) in [6.45, 7) is 3.14. The summed E-state index contributed by atoms with van der Waals surface area (Å²) < 4.78 is 28.4. The molecular formula is C22H28Cl2N2O4S. The van der Waals surface area contributed by atoms with E-state index in [9.17, 15) is 18.0 Å². The highest BCUT2D eigenvalue weighted by Gasteiger charge is 2.60. The minimum Gasteiger partial charge on any atom is -0.369 e. The van der Waals surface area contributed by atoms with Crippen molar-refractivity contribution in [1.29, 1.82) is 0 Å². The van der Waals surface area contributed by atoms with Gasteiger partial charge in [-0.2, -0.15) is 4.72 Å². The lowest BCUT2D eigenvalue weighted by Gasteiger charge is -2.61. The van der Waals surface area contributed by atoms with Gasteiger partial charge in [-0.3, -0.25) is 9.59 Å². The normalized spacial score (nSPS) is 32.3. The Bertz CT molecular complexity index is 1040.